The van der Waals surface area contributed by atoms with Crippen molar-refractivity contribution in [3.05, 3.63) is 82.6 Å². The van der Waals surface area contributed by atoms with Crippen LogP contribution in [0.2, 0.25) is 5.02 Å². The Balaban J connectivity index is 1.58. The molecule has 1 atom stereocenters. The highest BCUT2D eigenvalue weighted by Gasteiger charge is 2.14. The van der Waals surface area contributed by atoms with Crippen LogP contribution >= 0.6 is 11.6 Å². The van der Waals surface area contributed by atoms with Gasteiger partial charge in [-0.15, -0.1) is 0 Å². The molecule has 0 bridgehead atoms. The second-order valence-corrected chi connectivity index (χ2v) is 8.30. The van der Waals surface area contributed by atoms with Crippen molar-refractivity contribution in [3.63, 3.8) is 0 Å². The minimum absolute atomic E-state index is 0.0872. The minimum atomic E-state index is -0.806. The Hall–Kier alpha value is -3.25. The lowest BCUT2D eigenvalue weighted by atomic mass is 10.0. The van der Waals surface area contributed by atoms with E-state index in [4.69, 9.17) is 30.9 Å². The Bertz CT molecular complexity index is 1120. The molecule has 0 aliphatic rings. The summed E-state index contributed by atoms with van der Waals surface area (Å²) in [6, 6.07) is 16.9. The van der Waals surface area contributed by atoms with Crippen molar-refractivity contribution in [2.75, 3.05) is 6.61 Å². The standard InChI is InChI=1S/C27H28ClFO5/c1-3-19-16-22(11-8-20(19)9-13-27(30)31)32-15-14-18(2)33-25-12-10-21(28)17-26(25)34-24-7-5-4-6-23(24)29/h4-8,10-12,16-18H,3,9,13-15H2,1-2H3,(H,30,31). The molecular weight excluding hydrogens is 459 g/mol. The molecule has 0 fully saturated rings. The fourth-order valence-electron chi connectivity index (χ4n) is 3.43. The van der Waals surface area contributed by atoms with Gasteiger partial charge >= 0.3 is 5.97 Å². The fourth-order valence-corrected chi connectivity index (χ4v) is 3.59. The van der Waals surface area contributed by atoms with Crippen LogP contribution in [0.15, 0.2) is 60.7 Å². The molecule has 0 radical (unpaired) electrons. The number of aliphatic carboxylic acids is 1. The van der Waals surface area contributed by atoms with Gasteiger partial charge in [-0.05, 0) is 67.3 Å². The first-order valence-corrected chi connectivity index (χ1v) is 11.6. The number of ether oxygens (including phenoxy) is 3. The summed E-state index contributed by atoms with van der Waals surface area (Å²) in [5, 5.41) is 9.37. The maximum Gasteiger partial charge on any atom is 0.303 e. The van der Waals surface area contributed by atoms with Crippen molar-refractivity contribution >= 4 is 17.6 Å². The number of rotatable bonds is 12. The summed E-state index contributed by atoms with van der Waals surface area (Å²) in [6.07, 6.45) is 1.80. The van der Waals surface area contributed by atoms with E-state index in [1.54, 1.807) is 30.3 Å². The van der Waals surface area contributed by atoms with Crippen molar-refractivity contribution in [2.24, 2.45) is 0 Å². The van der Waals surface area contributed by atoms with E-state index in [2.05, 4.69) is 0 Å². The Morgan fingerprint density at radius 3 is 2.56 bits per heavy atom. The van der Waals surface area contributed by atoms with E-state index < -0.39 is 11.8 Å². The van der Waals surface area contributed by atoms with Crippen LogP contribution in [0, 0.1) is 5.82 Å². The van der Waals surface area contributed by atoms with Gasteiger partial charge in [-0.25, -0.2) is 4.39 Å². The van der Waals surface area contributed by atoms with Crippen LogP contribution in [0.5, 0.6) is 23.0 Å². The number of para-hydroxylation sites is 1. The lowest BCUT2D eigenvalue weighted by Crippen LogP contribution is -2.16. The van der Waals surface area contributed by atoms with Crippen LogP contribution in [0.4, 0.5) is 4.39 Å². The van der Waals surface area contributed by atoms with Gasteiger partial charge in [0, 0.05) is 23.9 Å². The summed E-state index contributed by atoms with van der Waals surface area (Å²) in [6.45, 7) is 4.37. The number of hydrogen-bond acceptors (Lipinski definition) is 4. The predicted octanol–water partition coefficient (Wildman–Crippen LogP) is 7.09. The topological polar surface area (TPSA) is 65.0 Å². The first kappa shape index (κ1) is 25.4. The molecule has 0 saturated heterocycles. The van der Waals surface area contributed by atoms with E-state index in [9.17, 15) is 9.18 Å². The molecule has 0 spiro atoms. The summed E-state index contributed by atoms with van der Waals surface area (Å²) in [5.41, 5.74) is 2.11. The summed E-state index contributed by atoms with van der Waals surface area (Å²) < 4.78 is 31.7. The van der Waals surface area contributed by atoms with Gasteiger partial charge in [0.25, 0.3) is 0 Å². The molecule has 1 N–H and O–H groups in total. The van der Waals surface area contributed by atoms with Gasteiger partial charge in [0.1, 0.15) is 5.75 Å². The first-order valence-electron chi connectivity index (χ1n) is 11.2. The molecule has 7 heteroatoms. The average Bonchev–Trinajstić information content (AvgIpc) is 2.81. The highest BCUT2D eigenvalue weighted by molar-refractivity contribution is 6.30. The van der Waals surface area contributed by atoms with Gasteiger partial charge in [-0.2, -0.15) is 0 Å². The maximum absolute atomic E-state index is 14.0. The molecule has 0 aliphatic carbocycles. The molecule has 34 heavy (non-hydrogen) atoms. The van der Waals surface area contributed by atoms with Crippen molar-refractivity contribution in [3.8, 4) is 23.0 Å². The number of carbonyl (C=O) groups is 1. The Morgan fingerprint density at radius 2 is 1.82 bits per heavy atom. The van der Waals surface area contributed by atoms with Crippen molar-refractivity contribution in [1.29, 1.82) is 0 Å². The van der Waals surface area contributed by atoms with Gasteiger partial charge in [0.05, 0.1) is 12.7 Å². The quantitative estimate of drug-likeness (QED) is 0.296. The van der Waals surface area contributed by atoms with Crippen LogP contribution in [0.25, 0.3) is 0 Å². The van der Waals surface area contributed by atoms with Crippen LogP contribution in [0.1, 0.15) is 37.8 Å². The molecule has 180 valence electrons. The van der Waals surface area contributed by atoms with E-state index in [-0.39, 0.29) is 18.3 Å². The number of benzene rings is 3. The number of hydrogen-bond donors (Lipinski definition) is 1. The van der Waals surface area contributed by atoms with Crippen molar-refractivity contribution in [2.45, 2.75) is 45.6 Å². The third kappa shape index (κ3) is 7.39. The summed E-state index contributed by atoms with van der Waals surface area (Å²) in [7, 11) is 0. The third-order valence-corrected chi connectivity index (χ3v) is 5.49. The Morgan fingerprint density at radius 1 is 1.03 bits per heavy atom. The molecule has 0 saturated carbocycles. The fraction of sp³-hybridized carbons (Fsp3) is 0.296. The molecule has 0 amide bonds. The number of carboxylic acids is 1. The first-order chi connectivity index (χ1) is 16.4. The third-order valence-electron chi connectivity index (χ3n) is 5.25. The van der Waals surface area contributed by atoms with Crippen LogP contribution in [-0.4, -0.2) is 23.8 Å². The van der Waals surface area contributed by atoms with Gasteiger partial charge < -0.3 is 19.3 Å². The van der Waals surface area contributed by atoms with E-state index >= 15 is 0 Å². The zero-order chi connectivity index (χ0) is 24.5. The molecule has 0 aromatic heterocycles. The zero-order valence-corrected chi connectivity index (χ0v) is 20.0. The Labute approximate surface area is 204 Å². The lowest BCUT2D eigenvalue weighted by Gasteiger charge is -2.18. The van der Waals surface area contributed by atoms with E-state index in [0.717, 1.165) is 23.3 Å². The second kappa shape index (κ2) is 12.3. The summed E-state index contributed by atoms with van der Waals surface area (Å²) >= 11 is 6.10. The van der Waals surface area contributed by atoms with Gasteiger partial charge in [0.15, 0.2) is 23.1 Å². The number of carboxylic acid groups (broad SMARTS) is 1. The predicted molar refractivity (Wildman–Crippen MR) is 130 cm³/mol. The molecule has 0 heterocycles. The van der Waals surface area contributed by atoms with E-state index in [0.29, 0.717) is 36.0 Å². The number of halogens is 2. The summed E-state index contributed by atoms with van der Waals surface area (Å²) in [5.74, 6) is 0.322. The molecule has 5 nitrogen and oxygen atoms in total. The van der Waals surface area contributed by atoms with Gasteiger partial charge in [0.2, 0.25) is 0 Å². The Kier molecular flexibility index (Phi) is 9.16. The van der Waals surface area contributed by atoms with Gasteiger partial charge in [-0.1, -0.05) is 36.7 Å². The number of aryl methyl sites for hydroxylation is 2. The van der Waals surface area contributed by atoms with E-state index in [1.807, 2.05) is 32.0 Å². The zero-order valence-electron chi connectivity index (χ0n) is 19.2. The van der Waals surface area contributed by atoms with Gasteiger partial charge in [-0.3, -0.25) is 4.79 Å². The maximum atomic E-state index is 14.0. The minimum Gasteiger partial charge on any atom is -0.493 e. The smallest absolute Gasteiger partial charge is 0.303 e. The highest BCUT2D eigenvalue weighted by Crippen LogP contribution is 2.35. The second-order valence-electron chi connectivity index (χ2n) is 7.87. The molecule has 1 unspecified atom stereocenters. The molecule has 3 rings (SSSR count). The lowest BCUT2D eigenvalue weighted by molar-refractivity contribution is -0.136. The SMILES string of the molecule is CCc1cc(OCCC(C)Oc2ccc(Cl)cc2Oc2ccccc2F)ccc1CCC(=O)O. The largest absolute Gasteiger partial charge is 0.493 e. The van der Waals surface area contributed by atoms with Crippen LogP contribution in [0.3, 0.4) is 0 Å². The van der Waals surface area contributed by atoms with Crippen molar-refractivity contribution < 1.29 is 28.5 Å². The highest BCUT2D eigenvalue weighted by atomic mass is 35.5. The molecular formula is C27H28ClFO5. The normalized spacial score (nSPS) is 11.6. The van der Waals surface area contributed by atoms with Crippen LogP contribution in [-0.2, 0) is 17.6 Å². The van der Waals surface area contributed by atoms with E-state index in [1.165, 1.54) is 12.1 Å². The van der Waals surface area contributed by atoms with Crippen molar-refractivity contribution in [1.82, 2.24) is 0 Å². The molecule has 3 aromatic carbocycles. The monoisotopic (exact) mass is 486 g/mol. The molecule has 0 aliphatic heterocycles. The average molecular weight is 487 g/mol. The van der Waals surface area contributed by atoms with Crippen LogP contribution < -0.4 is 14.2 Å². The summed E-state index contributed by atoms with van der Waals surface area (Å²) in [4.78, 5) is 10.9. The molecule has 3 aromatic rings.